The van der Waals surface area contributed by atoms with E-state index in [-0.39, 0.29) is 5.91 Å². The number of hydrazine groups is 1. The second-order valence-corrected chi connectivity index (χ2v) is 5.90. The molecule has 3 rings (SSSR count). The van der Waals surface area contributed by atoms with E-state index in [1.807, 2.05) is 18.2 Å². The van der Waals surface area contributed by atoms with Crippen molar-refractivity contribution in [3.8, 4) is 0 Å². The summed E-state index contributed by atoms with van der Waals surface area (Å²) in [7, 11) is 0. The van der Waals surface area contributed by atoms with Crippen LogP contribution in [0.25, 0.3) is 16.7 Å². The number of carbonyl (C=O) groups excluding carboxylic acids is 1. The Morgan fingerprint density at radius 2 is 2.09 bits per heavy atom. The zero-order valence-corrected chi connectivity index (χ0v) is 13.2. The fourth-order valence-electron chi connectivity index (χ4n) is 2.83. The van der Waals surface area contributed by atoms with Crippen molar-refractivity contribution >= 4 is 28.6 Å². The summed E-state index contributed by atoms with van der Waals surface area (Å²) in [6.45, 7) is 6.04. The van der Waals surface area contributed by atoms with E-state index in [4.69, 9.17) is 10.3 Å². The number of nitrogens with one attached hydrogen (secondary N) is 1. The molecule has 1 aliphatic heterocycles. The molecule has 2 aromatic rings. The number of amides is 1. The molecule has 0 saturated carbocycles. The van der Waals surface area contributed by atoms with Crippen molar-refractivity contribution in [2.45, 2.75) is 32.1 Å². The zero-order chi connectivity index (χ0) is 16.2. The fourth-order valence-corrected chi connectivity index (χ4v) is 2.83. The van der Waals surface area contributed by atoms with E-state index in [0.717, 1.165) is 35.3 Å². The Balaban J connectivity index is 1.76. The number of allylic oxidation sites excluding steroid dienone is 1. The number of fused-ring (bicyclic) bond motifs is 1. The molecule has 1 saturated heterocycles. The Bertz CT molecular complexity index is 716. The van der Waals surface area contributed by atoms with Gasteiger partial charge in [-0.3, -0.25) is 10.2 Å². The molecule has 2 heterocycles. The van der Waals surface area contributed by atoms with E-state index in [1.165, 1.54) is 19.3 Å². The first-order valence-corrected chi connectivity index (χ1v) is 8.00. The summed E-state index contributed by atoms with van der Waals surface area (Å²) in [5, 5.41) is 0. The van der Waals surface area contributed by atoms with E-state index in [9.17, 15) is 4.79 Å². The van der Waals surface area contributed by atoms with Crippen molar-refractivity contribution in [1.29, 1.82) is 0 Å². The summed E-state index contributed by atoms with van der Waals surface area (Å²) in [4.78, 5) is 18.0. The summed E-state index contributed by atoms with van der Waals surface area (Å²) in [6, 6.07) is 6.55. The van der Waals surface area contributed by atoms with Gasteiger partial charge in [0.2, 0.25) is 5.91 Å². The number of nitrogens with zero attached hydrogens (tertiary/aromatic N) is 2. The number of benzene rings is 1. The number of anilines is 1. The third kappa shape index (κ3) is 3.53. The summed E-state index contributed by atoms with van der Waals surface area (Å²) in [6.07, 6.45) is 4.52. The van der Waals surface area contributed by atoms with Gasteiger partial charge in [0.15, 0.2) is 5.58 Å². The Morgan fingerprint density at radius 1 is 1.30 bits per heavy atom. The molecule has 1 aliphatic rings. The van der Waals surface area contributed by atoms with Gasteiger partial charge in [-0.2, -0.15) is 4.98 Å². The number of rotatable bonds is 5. The lowest BCUT2D eigenvalue weighted by atomic mass is 10.0. The van der Waals surface area contributed by atoms with Crippen molar-refractivity contribution in [3.63, 3.8) is 0 Å². The lowest BCUT2D eigenvalue weighted by molar-refractivity contribution is -0.121. The van der Waals surface area contributed by atoms with Gasteiger partial charge in [0, 0.05) is 19.5 Å². The van der Waals surface area contributed by atoms with E-state index < -0.39 is 0 Å². The van der Waals surface area contributed by atoms with Crippen LogP contribution in [0.4, 0.5) is 6.01 Å². The van der Waals surface area contributed by atoms with Gasteiger partial charge in [-0.15, -0.1) is 0 Å². The van der Waals surface area contributed by atoms with E-state index in [1.54, 1.807) is 0 Å². The van der Waals surface area contributed by atoms with Crippen LogP contribution < -0.4 is 16.2 Å². The lowest BCUT2D eigenvalue weighted by Gasteiger charge is -2.24. The van der Waals surface area contributed by atoms with E-state index in [2.05, 4.69) is 21.9 Å². The number of piperidine rings is 1. The molecule has 1 aromatic carbocycles. The number of nitrogens with two attached hydrogens (primary N) is 1. The van der Waals surface area contributed by atoms with Crippen LogP contribution in [0, 0.1) is 0 Å². The monoisotopic (exact) mass is 314 g/mol. The molecule has 6 nitrogen and oxygen atoms in total. The maximum absolute atomic E-state index is 11.2. The molecule has 6 heteroatoms. The van der Waals surface area contributed by atoms with E-state index in [0.29, 0.717) is 18.9 Å². The van der Waals surface area contributed by atoms with Crippen LogP contribution in [0.15, 0.2) is 29.2 Å². The number of aromatic nitrogens is 1. The predicted molar refractivity (Wildman–Crippen MR) is 90.7 cm³/mol. The third-order valence-electron chi connectivity index (χ3n) is 4.23. The quantitative estimate of drug-likeness (QED) is 0.503. The summed E-state index contributed by atoms with van der Waals surface area (Å²) >= 11 is 0. The highest BCUT2D eigenvalue weighted by Crippen LogP contribution is 2.28. The van der Waals surface area contributed by atoms with Gasteiger partial charge in [-0.1, -0.05) is 12.6 Å². The third-order valence-corrected chi connectivity index (χ3v) is 4.23. The van der Waals surface area contributed by atoms with Crippen molar-refractivity contribution in [2.75, 3.05) is 18.0 Å². The van der Waals surface area contributed by atoms with Crippen LogP contribution in [0.2, 0.25) is 0 Å². The van der Waals surface area contributed by atoms with Crippen molar-refractivity contribution in [1.82, 2.24) is 10.4 Å². The molecule has 1 aromatic heterocycles. The van der Waals surface area contributed by atoms with Gasteiger partial charge in [-0.25, -0.2) is 5.84 Å². The summed E-state index contributed by atoms with van der Waals surface area (Å²) in [5.41, 5.74) is 5.58. The van der Waals surface area contributed by atoms with Crippen LogP contribution in [-0.2, 0) is 4.79 Å². The number of carbonyl (C=O) groups is 1. The fraction of sp³-hybridized carbons (Fsp3) is 0.412. The second kappa shape index (κ2) is 6.83. The topological polar surface area (TPSA) is 84.4 Å². The van der Waals surface area contributed by atoms with Gasteiger partial charge >= 0.3 is 0 Å². The van der Waals surface area contributed by atoms with Crippen LogP contribution in [-0.4, -0.2) is 24.0 Å². The molecule has 0 atom stereocenters. The van der Waals surface area contributed by atoms with Gasteiger partial charge in [0.25, 0.3) is 6.01 Å². The largest absolute Gasteiger partial charge is 0.423 e. The highest BCUT2D eigenvalue weighted by molar-refractivity contribution is 5.82. The molecule has 1 fully saturated rings. The Labute approximate surface area is 135 Å². The summed E-state index contributed by atoms with van der Waals surface area (Å²) in [5.74, 6) is 4.89. The Kier molecular flexibility index (Phi) is 4.62. The molecule has 0 spiro atoms. The second-order valence-electron chi connectivity index (χ2n) is 5.90. The average molecular weight is 314 g/mol. The number of hydrogen-bond donors (Lipinski definition) is 2. The van der Waals surface area contributed by atoms with E-state index >= 15 is 0 Å². The van der Waals surface area contributed by atoms with Gasteiger partial charge in [-0.05, 0) is 49.0 Å². The Morgan fingerprint density at radius 3 is 2.83 bits per heavy atom. The van der Waals surface area contributed by atoms with Gasteiger partial charge < -0.3 is 9.32 Å². The highest BCUT2D eigenvalue weighted by atomic mass is 16.4. The van der Waals surface area contributed by atoms with Crippen molar-refractivity contribution in [3.05, 3.63) is 30.3 Å². The number of hydrogen-bond acceptors (Lipinski definition) is 5. The SMILES string of the molecule is C=C(CCC(=O)NN)c1ccc2nc(N3CCCCC3)oc2c1. The first-order chi connectivity index (χ1) is 11.2. The van der Waals surface area contributed by atoms with Gasteiger partial charge in [0.1, 0.15) is 5.52 Å². The minimum Gasteiger partial charge on any atom is -0.423 e. The van der Waals surface area contributed by atoms with Crippen molar-refractivity contribution < 1.29 is 9.21 Å². The van der Waals surface area contributed by atoms with Gasteiger partial charge in [0.05, 0.1) is 0 Å². The summed E-state index contributed by atoms with van der Waals surface area (Å²) < 4.78 is 5.92. The lowest BCUT2D eigenvalue weighted by Crippen LogP contribution is -2.29. The molecule has 1 amide bonds. The minimum absolute atomic E-state index is 0.195. The predicted octanol–water partition coefficient (Wildman–Crippen LogP) is 2.60. The molecule has 0 aliphatic carbocycles. The van der Waals surface area contributed by atoms with Crippen LogP contribution in [0.5, 0.6) is 0 Å². The van der Waals surface area contributed by atoms with Crippen LogP contribution in [0.1, 0.15) is 37.7 Å². The maximum atomic E-state index is 11.2. The molecule has 0 unspecified atom stereocenters. The van der Waals surface area contributed by atoms with Crippen molar-refractivity contribution in [2.24, 2.45) is 5.84 Å². The molecule has 0 radical (unpaired) electrons. The molecular formula is C17H22N4O2. The molecule has 3 N–H and O–H groups in total. The Hall–Kier alpha value is -2.34. The smallest absolute Gasteiger partial charge is 0.298 e. The molecule has 122 valence electrons. The molecule has 23 heavy (non-hydrogen) atoms. The highest BCUT2D eigenvalue weighted by Gasteiger charge is 2.17. The molecular weight excluding hydrogens is 292 g/mol. The number of oxazole rings is 1. The first kappa shape index (κ1) is 15.6. The first-order valence-electron chi connectivity index (χ1n) is 8.00. The average Bonchev–Trinajstić information content (AvgIpc) is 3.03. The van der Waals surface area contributed by atoms with Crippen LogP contribution >= 0.6 is 0 Å². The molecule has 0 bridgehead atoms. The van der Waals surface area contributed by atoms with Crippen LogP contribution in [0.3, 0.4) is 0 Å². The zero-order valence-electron chi connectivity index (χ0n) is 13.2. The maximum Gasteiger partial charge on any atom is 0.298 e. The standard InChI is InChI=1S/C17H22N4O2/c1-12(5-8-16(22)20-18)13-6-7-14-15(11-13)23-17(19-14)21-9-3-2-4-10-21/h6-7,11H,1-5,8-10,18H2,(H,20,22). The minimum atomic E-state index is -0.195. The normalized spacial score (nSPS) is 14.9.